The Bertz CT molecular complexity index is 1210. The van der Waals surface area contributed by atoms with Crippen molar-refractivity contribution in [1.29, 1.82) is 0 Å². The number of benzene rings is 2. The largest absolute Gasteiger partial charge is 0.497 e. The van der Waals surface area contributed by atoms with Crippen molar-refractivity contribution in [3.8, 4) is 11.5 Å². The Labute approximate surface area is 198 Å². The van der Waals surface area contributed by atoms with Crippen molar-refractivity contribution in [3.63, 3.8) is 0 Å². The van der Waals surface area contributed by atoms with Gasteiger partial charge in [-0.05, 0) is 55.3 Å². The Hall–Kier alpha value is -4.07. The van der Waals surface area contributed by atoms with Crippen LogP contribution in [-0.4, -0.2) is 48.0 Å². The van der Waals surface area contributed by atoms with Gasteiger partial charge in [0.25, 0.3) is 5.91 Å². The lowest BCUT2D eigenvalue weighted by atomic mass is 9.82. The normalized spacial score (nSPS) is 14.8. The van der Waals surface area contributed by atoms with Gasteiger partial charge in [-0.3, -0.25) is 14.5 Å². The molecule has 0 unspecified atom stereocenters. The van der Waals surface area contributed by atoms with E-state index in [1.54, 1.807) is 68.8 Å². The van der Waals surface area contributed by atoms with Crippen LogP contribution in [0.25, 0.3) is 0 Å². The fourth-order valence-electron chi connectivity index (χ4n) is 4.33. The summed E-state index contributed by atoms with van der Waals surface area (Å²) in [6.07, 6.45) is 0. The van der Waals surface area contributed by atoms with Crippen LogP contribution in [0.2, 0.25) is 0 Å². The van der Waals surface area contributed by atoms with E-state index < -0.39 is 17.5 Å². The molecule has 0 radical (unpaired) electrons. The van der Waals surface area contributed by atoms with Crippen molar-refractivity contribution in [3.05, 3.63) is 82.7 Å². The average Bonchev–Trinajstić information content (AvgIpc) is 3.26. The summed E-state index contributed by atoms with van der Waals surface area (Å²) in [6, 6.07) is 15.0. The van der Waals surface area contributed by atoms with Crippen LogP contribution in [0.1, 0.15) is 32.9 Å². The number of methoxy groups -OCH3 is 2. The van der Waals surface area contributed by atoms with Crippen molar-refractivity contribution >= 4 is 17.7 Å². The zero-order chi connectivity index (χ0) is 24.6. The van der Waals surface area contributed by atoms with Gasteiger partial charge >= 0.3 is 6.03 Å². The minimum absolute atomic E-state index is 0.301. The molecule has 0 atom stereocenters. The first-order valence-electron chi connectivity index (χ1n) is 10.8. The number of ketones is 1. The first-order valence-corrected chi connectivity index (χ1v) is 10.8. The Morgan fingerprint density at radius 2 is 1.41 bits per heavy atom. The Morgan fingerprint density at radius 1 is 0.912 bits per heavy atom. The number of hydrogen-bond donors (Lipinski definition) is 1. The minimum Gasteiger partial charge on any atom is -0.497 e. The standard InChI is InChI=1S/C26H27N3O5/c1-16-14-22(17(2)28(16)3)23(30)15-29-24(31)26(27-25(29)32,18-6-10-20(33-4)11-7-18)19-8-12-21(34-5)13-9-19/h6-14H,15H2,1-5H3,(H,27,32). The van der Waals surface area contributed by atoms with Crippen molar-refractivity contribution < 1.29 is 23.9 Å². The summed E-state index contributed by atoms with van der Waals surface area (Å²) >= 11 is 0. The maximum atomic E-state index is 13.9. The van der Waals surface area contributed by atoms with E-state index in [1.165, 1.54) is 0 Å². The number of aryl methyl sites for hydroxylation is 1. The van der Waals surface area contributed by atoms with Crippen molar-refractivity contribution in [2.24, 2.45) is 7.05 Å². The fraction of sp³-hybridized carbons (Fsp3) is 0.269. The van der Waals surface area contributed by atoms with Crippen LogP contribution in [0.5, 0.6) is 11.5 Å². The number of rotatable bonds is 7. The van der Waals surface area contributed by atoms with Gasteiger partial charge in [0.2, 0.25) is 0 Å². The molecule has 8 nitrogen and oxygen atoms in total. The van der Waals surface area contributed by atoms with Crippen LogP contribution in [0.15, 0.2) is 54.6 Å². The number of nitrogens with zero attached hydrogens (tertiary/aromatic N) is 2. The summed E-state index contributed by atoms with van der Waals surface area (Å²) in [6.45, 7) is 3.38. The molecule has 0 spiro atoms. The number of urea groups is 1. The number of Topliss-reactive ketones (excluding diaryl/α,β-unsaturated/α-hetero) is 1. The van der Waals surface area contributed by atoms with Crippen molar-refractivity contribution in [2.75, 3.05) is 20.8 Å². The molecular formula is C26H27N3O5. The fourth-order valence-corrected chi connectivity index (χ4v) is 4.33. The van der Waals surface area contributed by atoms with Gasteiger partial charge in [-0.25, -0.2) is 4.79 Å². The lowest BCUT2D eigenvalue weighted by Crippen LogP contribution is -2.45. The number of aromatic nitrogens is 1. The summed E-state index contributed by atoms with van der Waals surface area (Å²) in [5.74, 6) is 0.413. The summed E-state index contributed by atoms with van der Waals surface area (Å²) in [5.41, 5.74) is 1.82. The van der Waals surface area contributed by atoms with Crippen LogP contribution in [0.3, 0.4) is 0 Å². The molecule has 3 amide bonds. The predicted molar refractivity (Wildman–Crippen MR) is 126 cm³/mol. The number of carbonyl (C=O) groups excluding carboxylic acids is 3. The summed E-state index contributed by atoms with van der Waals surface area (Å²) < 4.78 is 12.4. The van der Waals surface area contributed by atoms with Crippen LogP contribution in [-0.2, 0) is 17.4 Å². The van der Waals surface area contributed by atoms with Gasteiger partial charge in [-0.1, -0.05) is 24.3 Å². The first kappa shape index (κ1) is 23.1. The quantitative estimate of drug-likeness (QED) is 0.431. The predicted octanol–water partition coefficient (Wildman–Crippen LogP) is 3.34. The van der Waals surface area contributed by atoms with Gasteiger partial charge < -0.3 is 19.4 Å². The molecule has 1 aliphatic rings. The average molecular weight is 462 g/mol. The van der Waals surface area contributed by atoms with E-state index in [1.807, 2.05) is 25.5 Å². The number of ether oxygens (including phenoxy) is 2. The Kier molecular flexibility index (Phi) is 5.91. The molecule has 1 fully saturated rings. The monoisotopic (exact) mass is 461 g/mol. The lowest BCUT2D eigenvalue weighted by molar-refractivity contribution is -0.129. The van der Waals surface area contributed by atoms with Crippen LogP contribution in [0.4, 0.5) is 4.79 Å². The highest BCUT2D eigenvalue weighted by molar-refractivity contribution is 6.13. The highest BCUT2D eigenvalue weighted by atomic mass is 16.5. The maximum absolute atomic E-state index is 13.9. The maximum Gasteiger partial charge on any atom is 0.325 e. The lowest BCUT2D eigenvalue weighted by Gasteiger charge is -2.28. The molecule has 1 saturated heterocycles. The third-order valence-corrected chi connectivity index (χ3v) is 6.53. The smallest absolute Gasteiger partial charge is 0.325 e. The van der Waals surface area contributed by atoms with Crippen molar-refractivity contribution in [1.82, 2.24) is 14.8 Å². The number of hydrogen-bond acceptors (Lipinski definition) is 5. The topological polar surface area (TPSA) is 89.9 Å². The molecule has 0 saturated carbocycles. The molecular weight excluding hydrogens is 434 g/mol. The minimum atomic E-state index is -1.49. The second kappa shape index (κ2) is 8.70. The SMILES string of the molecule is COc1ccc(C2(c3ccc(OC)cc3)NC(=O)N(CC(=O)c3cc(C)n(C)c3C)C2=O)cc1. The highest BCUT2D eigenvalue weighted by Gasteiger charge is 2.54. The molecule has 0 bridgehead atoms. The molecule has 1 N–H and O–H groups in total. The second-order valence-electron chi connectivity index (χ2n) is 8.30. The molecule has 2 aromatic carbocycles. The van der Waals surface area contributed by atoms with E-state index in [0.29, 0.717) is 28.2 Å². The van der Waals surface area contributed by atoms with Gasteiger partial charge in [-0.2, -0.15) is 0 Å². The van der Waals surface area contributed by atoms with Gasteiger partial charge in [0.15, 0.2) is 11.3 Å². The van der Waals surface area contributed by atoms with E-state index in [-0.39, 0.29) is 12.3 Å². The molecule has 0 aliphatic carbocycles. The van der Waals surface area contributed by atoms with Gasteiger partial charge in [0.05, 0.1) is 20.8 Å². The zero-order valence-electron chi connectivity index (χ0n) is 19.8. The Balaban J connectivity index is 1.76. The number of imide groups is 1. The highest BCUT2D eigenvalue weighted by Crippen LogP contribution is 2.37. The van der Waals surface area contributed by atoms with Crippen LogP contribution in [0, 0.1) is 13.8 Å². The molecule has 2 heterocycles. The molecule has 3 aromatic rings. The Morgan fingerprint density at radius 3 is 1.82 bits per heavy atom. The second-order valence-corrected chi connectivity index (χ2v) is 8.30. The number of nitrogens with one attached hydrogen (secondary N) is 1. The third kappa shape index (κ3) is 3.61. The van der Waals surface area contributed by atoms with Crippen molar-refractivity contribution in [2.45, 2.75) is 19.4 Å². The molecule has 34 heavy (non-hydrogen) atoms. The van der Waals surface area contributed by atoms with E-state index >= 15 is 0 Å². The summed E-state index contributed by atoms with van der Waals surface area (Å²) in [7, 11) is 4.97. The molecule has 4 rings (SSSR count). The number of amides is 3. The molecule has 1 aromatic heterocycles. The molecule has 1 aliphatic heterocycles. The van der Waals surface area contributed by atoms with E-state index in [4.69, 9.17) is 9.47 Å². The molecule has 8 heteroatoms. The van der Waals surface area contributed by atoms with E-state index in [0.717, 1.165) is 16.3 Å². The van der Waals surface area contributed by atoms with Crippen LogP contribution >= 0.6 is 0 Å². The van der Waals surface area contributed by atoms with E-state index in [9.17, 15) is 14.4 Å². The van der Waals surface area contributed by atoms with Gasteiger partial charge in [-0.15, -0.1) is 0 Å². The van der Waals surface area contributed by atoms with Gasteiger partial charge in [0, 0.05) is 24.0 Å². The molecule has 176 valence electrons. The van der Waals surface area contributed by atoms with Gasteiger partial charge in [0.1, 0.15) is 11.5 Å². The number of carbonyl (C=O) groups is 3. The first-order chi connectivity index (χ1) is 16.2. The summed E-state index contributed by atoms with van der Waals surface area (Å²) in [5, 5.41) is 2.86. The summed E-state index contributed by atoms with van der Waals surface area (Å²) in [4.78, 5) is 41.1. The third-order valence-electron chi connectivity index (χ3n) is 6.53. The van der Waals surface area contributed by atoms with Crippen LogP contribution < -0.4 is 14.8 Å². The van der Waals surface area contributed by atoms with E-state index in [2.05, 4.69) is 5.32 Å². The zero-order valence-corrected chi connectivity index (χ0v) is 19.8.